The van der Waals surface area contributed by atoms with Crippen molar-refractivity contribution in [1.82, 2.24) is 9.88 Å². The number of carbonyl (C=O) groups excluding carboxylic acids is 2. The maximum Gasteiger partial charge on any atom is 0.355 e. The van der Waals surface area contributed by atoms with Gasteiger partial charge in [-0.25, -0.2) is 4.79 Å². The zero-order valence-corrected chi connectivity index (χ0v) is 12.8. The Labute approximate surface area is 129 Å². The van der Waals surface area contributed by atoms with Gasteiger partial charge in [-0.2, -0.15) is 0 Å². The van der Waals surface area contributed by atoms with Crippen molar-refractivity contribution in [2.45, 2.75) is 25.5 Å². The molecule has 1 aliphatic rings. The number of aliphatic hydroxyl groups excluding tert-OH is 1. The van der Waals surface area contributed by atoms with E-state index in [2.05, 4.69) is 10.6 Å². The fourth-order valence-electron chi connectivity index (χ4n) is 2.19. The molecule has 3 N–H and O–H groups in total. The van der Waals surface area contributed by atoms with Crippen LogP contribution in [0.4, 0.5) is 5.69 Å². The number of aliphatic hydroxyl groups is 1. The van der Waals surface area contributed by atoms with Crippen molar-refractivity contribution in [3.8, 4) is 0 Å². The van der Waals surface area contributed by atoms with Gasteiger partial charge in [0.1, 0.15) is 5.69 Å². The minimum atomic E-state index is -0.489. The average molecular weight is 318 g/mol. The molecule has 0 bridgehead atoms. The van der Waals surface area contributed by atoms with Crippen LogP contribution >= 0.6 is 12.4 Å². The van der Waals surface area contributed by atoms with Crippen LogP contribution in [0, 0.1) is 0 Å². The van der Waals surface area contributed by atoms with E-state index in [1.54, 1.807) is 30.8 Å². The molecule has 1 aromatic rings. The highest BCUT2D eigenvalue weighted by atomic mass is 35.5. The van der Waals surface area contributed by atoms with Crippen LogP contribution in [0.3, 0.4) is 0 Å². The number of anilines is 1. The predicted octanol–water partition coefficient (Wildman–Crippen LogP) is 0.285. The van der Waals surface area contributed by atoms with E-state index in [4.69, 9.17) is 4.74 Å². The van der Waals surface area contributed by atoms with Crippen molar-refractivity contribution in [2.24, 2.45) is 7.05 Å². The number of carbonyl (C=O) groups is 2. The molecule has 0 radical (unpaired) electrons. The van der Waals surface area contributed by atoms with Crippen LogP contribution in [0.1, 0.15) is 23.8 Å². The number of hydrogen-bond donors (Lipinski definition) is 3. The Morgan fingerprint density at radius 3 is 2.86 bits per heavy atom. The van der Waals surface area contributed by atoms with Crippen LogP contribution in [0.25, 0.3) is 0 Å². The van der Waals surface area contributed by atoms with E-state index in [0.717, 1.165) is 0 Å². The zero-order chi connectivity index (χ0) is 14.7. The number of halogens is 1. The number of aryl methyl sites for hydroxylation is 1. The molecule has 1 amide bonds. The summed E-state index contributed by atoms with van der Waals surface area (Å²) < 4.78 is 6.52. The van der Waals surface area contributed by atoms with Crippen LogP contribution in [-0.2, 0) is 16.6 Å². The van der Waals surface area contributed by atoms with Crippen molar-refractivity contribution in [2.75, 3.05) is 18.5 Å². The molecule has 2 atom stereocenters. The highest BCUT2D eigenvalue weighted by molar-refractivity contribution is 5.97. The maximum atomic E-state index is 12.0. The van der Waals surface area contributed by atoms with Gasteiger partial charge >= 0.3 is 5.97 Å². The molecule has 0 saturated carbocycles. The molecule has 1 aliphatic heterocycles. The lowest BCUT2D eigenvalue weighted by atomic mass is 10.2. The number of amides is 1. The van der Waals surface area contributed by atoms with Gasteiger partial charge in [-0.15, -0.1) is 12.4 Å². The first kappa shape index (κ1) is 17.5. The summed E-state index contributed by atoms with van der Waals surface area (Å²) in [6.07, 6.45) is 1.55. The third-order valence-electron chi connectivity index (χ3n) is 3.18. The zero-order valence-electron chi connectivity index (χ0n) is 12.0. The summed E-state index contributed by atoms with van der Waals surface area (Å²) in [4.78, 5) is 23.6. The number of β-amino-alcohol motifs (C(OH)–C–C–N with tert-alkyl or cyclic N) is 1. The standard InChI is InChI=1S/C13H19N3O4.ClH/c1-3-20-13(19)11-4-8(7-16(11)2)15-12(18)10-5-9(17)6-14-10;/h4,7,9-10,14,17H,3,5-6H2,1-2H3,(H,15,18);1H. The van der Waals surface area contributed by atoms with Crippen LogP contribution < -0.4 is 10.6 Å². The largest absolute Gasteiger partial charge is 0.461 e. The molecule has 1 aromatic heterocycles. The van der Waals surface area contributed by atoms with Gasteiger partial charge in [0.25, 0.3) is 0 Å². The summed E-state index contributed by atoms with van der Waals surface area (Å²) in [6.45, 7) is 2.46. The van der Waals surface area contributed by atoms with E-state index in [1.807, 2.05) is 0 Å². The van der Waals surface area contributed by atoms with E-state index < -0.39 is 18.1 Å². The van der Waals surface area contributed by atoms with E-state index in [9.17, 15) is 14.7 Å². The number of ether oxygens (including phenoxy) is 1. The van der Waals surface area contributed by atoms with Crippen LogP contribution in [0.5, 0.6) is 0 Å². The summed E-state index contributed by atoms with van der Waals surface area (Å²) in [5.74, 6) is -0.646. The molecular weight excluding hydrogens is 298 g/mol. The summed E-state index contributed by atoms with van der Waals surface area (Å²) in [7, 11) is 1.71. The second-order valence-electron chi connectivity index (χ2n) is 4.79. The molecule has 118 valence electrons. The molecule has 2 rings (SSSR count). The third-order valence-corrected chi connectivity index (χ3v) is 3.18. The SMILES string of the molecule is CCOC(=O)c1cc(NC(=O)C2CC(O)CN2)cn1C.Cl. The van der Waals surface area contributed by atoms with Crippen molar-refractivity contribution in [3.63, 3.8) is 0 Å². The normalized spacial score (nSPS) is 20.7. The summed E-state index contributed by atoms with van der Waals surface area (Å²) in [6, 6.07) is 1.16. The summed E-state index contributed by atoms with van der Waals surface area (Å²) in [5, 5.41) is 15.0. The number of nitrogens with one attached hydrogen (secondary N) is 2. The van der Waals surface area contributed by atoms with E-state index in [-0.39, 0.29) is 18.3 Å². The van der Waals surface area contributed by atoms with Gasteiger partial charge in [-0.05, 0) is 19.4 Å². The lowest BCUT2D eigenvalue weighted by molar-refractivity contribution is -0.117. The smallest absolute Gasteiger partial charge is 0.355 e. The molecule has 0 spiro atoms. The van der Waals surface area contributed by atoms with Crippen LogP contribution in [-0.4, -0.2) is 46.8 Å². The van der Waals surface area contributed by atoms with Crippen LogP contribution in [0.2, 0.25) is 0 Å². The lowest BCUT2D eigenvalue weighted by Gasteiger charge is -2.09. The third kappa shape index (κ3) is 4.20. The molecule has 0 aliphatic carbocycles. The molecule has 21 heavy (non-hydrogen) atoms. The van der Waals surface area contributed by atoms with E-state index >= 15 is 0 Å². The molecule has 0 aromatic carbocycles. The van der Waals surface area contributed by atoms with Gasteiger partial charge in [0, 0.05) is 19.8 Å². The quantitative estimate of drug-likeness (QED) is 0.694. The Morgan fingerprint density at radius 2 is 2.29 bits per heavy atom. The Hall–Kier alpha value is -1.57. The van der Waals surface area contributed by atoms with Gasteiger partial charge in [0.2, 0.25) is 5.91 Å². The van der Waals surface area contributed by atoms with E-state index in [0.29, 0.717) is 31.0 Å². The Morgan fingerprint density at radius 1 is 1.57 bits per heavy atom. The highest BCUT2D eigenvalue weighted by Crippen LogP contribution is 2.16. The molecular formula is C13H20ClN3O4. The molecule has 2 heterocycles. The van der Waals surface area contributed by atoms with Crippen molar-refractivity contribution in [3.05, 3.63) is 18.0 Å². The number of hydrogen-bond acceptors (Lipinski definition) is 5. The van der Waals surface area contributed by atoms with Gasteiger partial charge in [-0.3, -0.25) is 4.79 Å². The van der Waals surface area contributed by atoms with Crippen LogP contribution in [0.15, 0.2) is 12.3 Å². The molecule has 2 unspecified atom stereocenters. The minimum absolute atomic E-state index is 0. The first-order chi connectivity index (χ1) is 9.51. The summed E-state index contributed by atoms with van der Waals surface area (Å²) in [5.41, 5.74) is 0.908. The Bertz CT molecular complexity index is 518. The predicted molar refractivity (Wildman–Crippen MR) is 79.7 cm³/mol. The van der Waals surface area contributed by atoms with Gasteiger partial charge < -0.3 is 25.0 Å². The Kier molecular flexibility index (Phi) is 6.19. The number of nitrogens with zero attached hydrogens (tertiary/aromatic N) is 1. The van der Waals surface area contributed by atoms with Crippen molar-refractivity contribution < 1.29 is 19.4 Å². The molecule has 7 nitrogen and oxygen atoms in total. The van der Waals surface area contributed by atoms with Gasteiger partial charge in [0.15, 0.2) is 0 Å². The second-order valence-corrected chi connectivity index (χ2v) is 4.79. The first-order valence-corrected chi connectivity index (χ1v) is 6.57. The van der Waals surface area contributed by atoms with Gasteiger partial charge in [-0.1, -0.05) is 0 Å². The fourth-order valence-corrected chi connectivity index (χ4v) is 2.19. The van der Waals surface area contributed by atoms with E-state index in [1.165, 1.54) is 0 Å². The van der Waals surface area contributed by atoms with Crippen molar-refractivity contribution in [1.29, 1.82) is 0 Å². The topological polar surface area (TPSA) is 92.6 Å². The monoisotopic (exact) mass is 317 g/mol. The average Bonchev–Trinajstić information content (AvgIpc) is 2.96. The maximum absolute atomic E-state index is 12.0. The number of esters is 1. The second kappa shape index (κ2) is 7.44. The number of aromatic nitrogens is 1. The molecule has 1 fully saturated rings. The first-order valence-electron chi connectivity index (χ1n) is 6.57. The molecule has 8 heteroatoms. The molecule has 1 saturated heterocycles. The fraction of sp³-hybridized carbons (Fsp3) is 0.538. The number of rotatable bonds is 4. The highest BCUT2D eigenvalue weighted by Gasteiger charge is 2.28. The van der Waals surface area contributed by atoms with Gasteiger partial charge in [0.05, 0.1) is 24.4 Å². The summed E-state index contributed by atoms with van der Waals surface area (Å²) >= 11 is 0. The lowest BCUT2D eigenvalue weighted by Crippen LogP contribution is -2.35. The minimum Gasteiger partial charge on any atom is -0.461 e. The van der Waals surface area contributed by atoms with Crippen molar-refractivity contribution >= 4 is 30.0 Å². The Balaban J connectivity index is 0.00000220.